The molecule has 0 aliphatic rings. The molecule has 1 aromatic carbocycles. The first-order valence-corrected chi connectivity index (χ1v) is 5.95. The molecule has 8 heteroatoms. The minimum Gasteiger partial charge on any atom is -0.477 e. The van der Waals surface area contributed by atoms with E-state index >= 15 is 0 Å². The van der Waals surface area contributed by atoms with Crippen molar-refractivity contribution < 1.29 is 9.90 Å². The van der Waals surface area contributed by atoms with Gasteiger partial charge in [0.2, 0.25) is 0 Å². The Labute approximate surface area is 123 Å². The molecular weight excluding hydrogens is 322 g/mol. The molecule has 0 saturated carbocycles. The fourth-order valence-electron chi connectivity index (χ4n) is 0.941. The molecule has 0 aromatic heterocycles. The first-order valence-electron chi connectivity index (χ1n) is 4.44. The Balaban J connectivity index is 2.76. The Morgan fingerprint density at radius 2 is 1.78 bits per heavy atom. The van der Waals surface area contributed by atoms with Crippen molar-refractivity contribution in [2.75, 3.05) is 5.43 Å². The van der Waals surface area contributed by atoms with E-state index in [1.165, 1.54) is 0 Å². The van der Waals surface area contributed by atoms with E-state index in [-0.39, 0.29) is 5.03 Å². The average molecular weight is 328 g/mol. The van der Waals surface area contributed by atoms with Gasteiger partial charge in [0.25, 0.3) is 0 Å². The zero-order valence-corrected chi connectivity index (χ0v) is 11.6. The van der Waals surface area contributed by atoms with Crippen LogP contribution in [0.4, 0.5) is 5.69 Å². The van der Waals surface area contributed by atoms with E-state index in [2.05, 4.69) is 10.5 Å². The maximum absolute atomic E-state index is 10.5. The summed E-state index contributed by atoms with van der Waals surface area (Å²) in [6.45, 7) is 0. The van der Waals surface area contributed by atoms with Crippen molar-refractivity contribution in [2.45, 2.75) is 0 Å². The van der Waals surface area contributed by atoms with Gasteiger partial charge < -0.3 is 5.11 Å². The van der Waals surface area contributed by atoms with E-state index in [9.17, 15) is 4.79 Å². The van der Waals surface area contributed by atoms with Crippen LogP contribution in [-0.2, 0) is 4.79 Å². The fraction of sp³-hybridized carbons (Fsp3) is 0. The number of carbonyl (C=O) groups is 1. The lowest BCUT2D eigenvalue weighted by Gasteiger charge is -2.01. The van der Waals surface area contributed by atoms with Gasteiger partial charge in [0.05, 0.1) is 16.9 Å². The van der Waals surface area contributed by atoms with E-state index in [0.29, 0.717) is 15.7 Å². The lowest BCUT2D eigenvalue weighted by molar-refractivity contribution is -0.131. The van der Waals surface area contributed by atoms with Crippen molar-refractivity contribution in [2.24, 2.45) is 5.10 Å². The van der Waals surface area contributed by atoms with E-state index in [1.54, 1.807) is 18.2 Å². The Morgan fingerprint density at radius 1 is 1.22 bits per heavy atom. The van der Waals surface area contributed by atoms with Crippen LogP contribution in [-0.4, -0.2) is 17.3 Å². The molecule has 0 unspecified atom stereocenters. The molecule has 0 aliphatic carbocycles. The molecule has 0 bridgehead atoms. The number of carboxylic acids is 1. The minimum atomic E-state index is -1.33. The van der Waals surface area contributed by atoms with Crippen LogP contribution in [0.3, 0.4) is 0 Å². The van der Waals surface area contributed by atoms with Gasteiger partial charge in [-0.1, -0.05) is 46.4 Å². The number of carboxylic acid groups (broad SMARTS) is 1. The summed E-state index contributed by atoms with van der Waals surface area (Å²) < 4.78 is 0. The van der Waals surface area contributed by atoms with Crippen LogP contribution in [0.2, 0.25) is 10.0 Å². The highest BCUT2D eigenvalue weighted by molar-refractivity contribution is 6.51. The molecule has 0 heterocycles. The number of halogens is 4. The molecule has 0 atom stereocenters. The van der Waals surface area contributed by atoms with Crippen molar-refractivity contribution in [3.05, 3.63) is 38.3 Å². The topological polar surface area (TPSA) is 61.7 Å². The quantitative estimate of drug-likeness (QED) is 0.495. The van der Waals surface area contributed by atoms with Crippen LogP contribution in [0.15, 0.2) is 33.4 Å². The Bertz CT molecular complexity index is 508. The lowest BCUT2D eigenvalue weighted by Crippen LogP contribution is -1.97. The molecule has 0 fully saturated rings. The zero-order chi connectivity index (χ0) is 13.7. The Morgan fingerprint density at radius 3 is 2.28 bits per heavy atom. The third-order valence-corrected chi connectivity index (χ3v) is 2.82. The summed E-state index contributed by atoms with van der Waals surface area (Å²) in [4.78, 5) is 10.5. The van der Waals surface area contributed by atoms with Crippen LogP contribution in [0.5, 0.6) is 0 Å². The molecule has 96 valence electrons. The van der Waals surface area contributed by atoms with E-state index in [4.69, 9.17) is 51.5 Å². The van der Waals surface area contributed by atoms with Gasteiger partial charge in [0.15, 0.2) is 0 Å². The van der Waals surface area contributed by atoms with Crippen LogP contribution in [0.25, 0.3) is 0 Å². The second-order valence-electron chi connectivity index (χ2n) is 3.00. The average Bonchev–Trinajstić information content (AvgIpc) is 2.26. The maximum atomic E-state index is 10.5. The summed E-state index contributed by atoms with van der Waals surface area (Å²) in [5, 5.41) is 12.4. The first-order chi connectivity index (χ1) is 8.40. The summed E-state index contributed by atoms with van der Waals surface area (Å²) in [6.07, 6.45) is 1.06. The van der Waals surface area contributed by atoms with Gasteiger partial charge in [-0.25, -0.2) is 4.79 Å². The maximum Gasteiger partial charge on any atom is 0.348 e. The highest BCUT2D eigenvalue weighted by Gasteiger charge is 2.07. The minimum absolute atomic E-state index is 0.204. The fourth-order valence-corrected chi connectivity index (χ4v) is 1.65. The second-order valence-corrected chi connectivity index (χ2v) is 4.65. The number of aliphatic carboxylic acids is 1. The molecule has 0 aliphatic heterocycles. The number of allylic oxidation sites excluding steroid dienone is 1. The van der Waals surface area contributed by atoms with Gasteiger partial charge in [-0.3, -0.25) is 5.43 Å². The molecule has 4 nitrogen and oxygen atoms in total. The number of hydrogen-bond acceptors (Lipinski definition) is 3. The third kappa shape index (κ3) is 4.74. The van der Waals surface area contributed by atoms with Crippen molar-refractivity contribution in [1.82, 2.24) is 0 Å². The van der Waals surface area contributed by atoms with Crippen molar-refractivity contribution >= 4 is 64.3 Å². The summed E-state index contributed by atoms with van der Waals surface area (Å²) >= 11 is 22.5. The Hall–Kier alpha value is -0.940. The van der Waals surface area contributed by atoms with E-state index in [1.807, 2.05) is 0 Å². The molecule has 0 saturated heterocycles. The highest BCUT2D eigenvalue weighted by atomic mass is 35.5. The molecule has 18 heavy (non-hydrogen) atoms. The number of nitrogens with one attached hydrogen (secondary N) is 1. The van der Waals surface area contributed by atoms with Crippen molar-refractivity contribution in [3.8, 4) is 0 Å². The van der Waals surface area contributed by atoms with Gasteiger partial charge in [-0.05, 0) is 18.2 Å². The summed E-state index contributed by atoms with van der Waals surface area (Å²) in [6, 6.07) is 4.73. The van der Waals surface area contributed by atoms with Crippen LogP contribution >= 0.6 is 46.4 Å². The summed E-state index contributed by atoms with van der Waals surface area (Å²) in [7, 11) is 0. The molecule has 1 aromatic rings. The molecule has 2 N–H and O–H groups in total. The van der Waals surface area contributed by atoms with Gasteiger partial charge in [0.1, 0.15) is 5.03 Å². The molecule has 1 rings (SSSR count). The zero-order valence-electron chi connectivity index (χ0n) is 8.62. The second kappa shape index (κ2) is 6.85. The van der Waals surface area contributed by atoms with Crippen LogP contribution in [0, 0.1) is 0 Å². The third-order valence-electron chi connectivity index (χ3n) is 1.63. The Kier molecular flexibility index (Phi) is 5.75. The summed E-state index contributed by atoms with van der Waals surface area (Å²) in [5.74, 6) is -1.33. The smallest absolute Gasteiger partial charge is 0.348 e. The van der Waals surface area contributed by atoms with Crippen LogP contribution in [0.1, 0.15) is 0 Å². The number of hydrazone groups is 1. The van der Waals surface area contributed by atoms with Gasteiger partial charge in [-0.2, -0.15) is 5.10 Å². The predicted molar refractivity (Wildman–Crippen MR) is 74.9 cm³/mol. The molecular formula is C10H6Cl4N2O2. The molecule has 0 radical (unpaired) electrons. The van der Waals surface area contributed by atoms with Gasteiger partial charge >= 0.3 is 5.97 Å². The number of rotatable bonds is 4. The normalized spacial score (nSPS) is 12.4. The monoisotopic (exact) mass is 326 g/mol. The van der Waals surface area contributed by atoms with E-state index < -0.39 is 11.0 Å². The largest absolute Gasteiger partial charge is 0.477 e. The number of hydrogen-bond donors (Lipinski definition) is 2. The van der Waals surface area contributed by atoms with Gasteiger partial charge in [0, 0.05) is 10.0 Å². The SMILES string of the molecule is O=C(O)/C(Cl)=C(Cl)/C=N\Nc1cc(Cl)cc(Cl)c1. The van der Waals surface area contributed by atoms with Gasteiger partial charge in [-0.15, -0.1) is 0 Å². The number of anilines is 1. The van der Waals surface area contributed by atoms with Crippen molar-refractivity contribution in [1.29, 1.82) is 0 Å². The van der Waals surface area contributed by atoms with Crippen molar-refractivity contribution in [3.63, 3.8) is 0 Å². The van der Waals surface area contributed by atoms with Crippen LogP contribution < -0.4 is 5.43 Å². The van der Waals surface area contributed by atoms with E-state index in [0.717, 1.165) is 6.21 Å². The lowest BCUT2D eigenvalue weighted by atomic mass is 10.3. The number of benzene rings is 1. The molecule has 0 spiro atoms. The summed E-state index contributed by atoms with van der Waals surface area (Å²) in [5.41, 5.74) is 3.11. The highest BCUT2D eigenvalue weighted by Crippen LogP contribution is 2.22. The standard InChI is InChI=1S/C10H6Cl4N2O2/c11-5-1-6(12)3-7(2-5)16-15-4-8(13)9(14)10(17)18/h1-4,16H,(H,17,18)/b9-8+,15-4-. The number of nitrogens with zero attached hydrogens (tertiary/aromatic N) is 1. The predicted octanol–water partition coefficient (Wildman–Crippen LogP) is 4.16. The first kappa shape index (κ1) is 15.1. The molecule has 0 amide bonds.